The molecule has 1 aromatic carbocycles. The predicted octanol–water partition coefficient (Wildman–Crippen LogP) is 2.08. The Morgan fingerprint density at radius 3 is 2.33 bits per heavy atom. The molecule has 1 unspecified atom stereocenters. The first kappa shape index (κ1) is 17.6. The highest BCUT2D eigenvalue weighted by Gasteiger charge is 2.42. The summed E-state index contributed by atoms with van der Waals surface area (Å²) in [5.74, 6) is -4.53. The summed E-state index contributed by atoms with van der Waals surface area (Å²) in [4.78, 5) is 35.8. The van der Waals surface area contributed by atoms with E-state index in [9.17, 15) is 23.2 Å². The van der Waals surface area contributed by atoms with Gasteiger partial charge in [0.1, 0.15) is 17.2 Å². The summed E-state index contributed by atoms with van der Waals surface area (Å²) < 4.78 is 31.9. The second-order valence-electron chi connectivity index (χ2n) is 5.77. The molecule has 1 saturated heterocycles. The number of rotatable bonds is 3. The highest BCUT2D eigenvalue weighted by molar-refractivity contribution is 5.93. The van der Waals surface area contributed by atoms with Crippen molar-refractivity contribution in [1.82, 2.24) is 4.90 Å². The molecule has 7 nitrogen and oxygen atoms in total. The molecule has 24 heavy (non-hydrogen) atoms. The number of esters is 1. The largest absolute Gasteiger partial charge is 0.481 e. The van der Waals surface area contributed by atoms with E-state index in [2.05, 4.69) is 10.1 Å². The first-order valence-corrected chi connectivity index (χ1v) is 7.04. The zero-order chi connectivity index (χ0) is 18.1. The van der Waals surface area contributed by atoms with E-state index in [0.29, 0.717) is 0 Å². The molecule has 0 aromatic heterocycles. The number of nitrogens with zero attached hydrogens (tertiary/aromatic N) is 1. The van der Waals surface area contributed by atoms with Crippen LogP contribution in [0.2, 0.25) is 0 Å². The average molecular weight is 342 g/mol. The van der Waals surface area contributed by atoms with Crippen molar-refractivity contribution < 1.29 is 33.0 Å². The third-order valence-corrected chi connectivity index (χ3v) is 3.96. The van der Waals surface area contributed by atoms with E-state index >= 15 is 0 Å². The van der Waals surface area contributed by atoms with Crippen LogP contribution in [0, 0.1) is 17.0 Å². The van der Waals surface area contributed by atoms with E-state index in [0.717, 1.165) is 19.2 Å². The molecular formula is C15H16F2N2O5. The van der Waals surface area contributed by atoms with Gasteiger partial charge in [0.15, 0.2) is 0 Å². The SMILES string of the molecule is COC(=O)c1c(F)cc(NC(=O)N2CCC(C)(C(=O)O)C2)cc1F. The van der Waals surface area contributed by atoms with Crippen LogP contribution in [-0.4, -0.2) is 48.2 Å². The van der Waals surface area contributed by atoms with Gasteiger partial charge in [0, 0.05) is 18.8 Å². The molecule has 1 aliphatic heterocycles. The Morgan fingerprint density at radius 1 is 1.29 bits per heavy atom. The summed E-state index contributed by atoms with van der Waals surface area (Å²) in [5, 5.41) is 11.4. The van der Waals surface area contributed by atoms with Crippen molar-refractivity contribution in [2.75, 3.05) is 25.5 Å². The number of amides is 2. The number of halogens is 2. The Bertz CT molecular complexity index is 686. The molecule has 2 amide bonds. The monoisotopic (exact) mass is 342 g/mol. The molecule has 1 fully saturated rings. The van der Waals surface area contributed by atoms with Gasteiger partial charge in [0.2, 0.25) is 0 Å². The maximum absolute atomic E-state index is 13.8. The lowest BCUT2D eigenvalue weighted by atomic mass is 9.90. The number of carbonyl (C=O) groups is 3. The zero-order valence-corrected chi connectivity index (χ0v) is 13.1. The van der Waals surface area contributed by atoms with E-state index in [1.165, 1.54) is 11.8 Å². The fourth-order valence-electron chi connectivity index (χ4n) is 2.45. The first-order valence-electron chi connectivity index (χ1n) is 7.04. The van der Waals surface area contributed by atoms with Gasteiger partial charge in [0.05, 0.1) is 12.5 Å². The number of methoxy groups -OCH3 is 1. The van der Waals surface area contributed by atoms with Crippen molar-refractivity contribution in [3.63, 3.8) is 0 Å². The van der Waals surface area contributed by atoms with Crippen molar-refractivity contribution >= 4 is 23.7 Å². The molecule has 2 N–H and O–H groups in total. The van der Waals surface area contributed by atoms with Crippen LogP contribution in [0.3, 0.4) is 0 Å². The number of likely N-dealkylation sites (tertiary alicyclic amines) is 1. The van der Waals surface area contributed by atoms with E-state index in [1.54, 1.807) is 0 Å². The number of benzene rings is 1. The number of hydrogen-bond acceptors (Lipinski definition) is 4. The van der Waals surface area contributed by atoms with Gasteiger partial charge >= 0.3 is 18.0 Å². The summed E-state index contributed by atoms with van der Waals surface area (Å²) in [6, 6.07) is 0.906. The summed E-state index contributed by atoms with van der Waals surface area (Å²) >= 11 is 0. The van der Waals surface area contributed by atoms with Crippen molar-refractivity contribution in [2.45, 2.75) is 13.3 Å². The van der Waals surface area contributed by atoms with Crippen molar-refractivity contribution in [2.24, 2.45) is 5.41 Å². The normalized spacial score (nSPS) is 19.9. The Morgan fingerprint density at radius 2 is 1.88 bits per heavy atom. The minimum atomic E-state index is -1.17. The molecule has 1 aromatic rings. The lowest BCUT2D eigenvalue weighted by Crippen LogP contribution is -2.37. The molecule has 9 heteroatoms. The predicted molar refractivity (Wildman–Crippen MR) is 78.6 cm³/mol. The molecule has 1 atom stereocenters. The van der Waals surface area contributed by atoms with Crippen LogP contribution in [-0.2, 0) is 9.53 Å². The summed E-state index contributed by atoms with van der Waals surface area (Å²) in [5.41, 5.74) is -2.09. The van der Waals surface area contributed by atoms with Crippen LogP contribution >= 0.6 is 0 Å². The van der Waals surface area contributed by atoms with Crippen LogP contribution in [0.1, 0.15) is 23.7 Å². The lowest BCUT2D eigenvalue weighted by Gasteiger charge is -2.20. The number of ether oxygens (including phenoxy) is 1. The summed E-state index contributed by atoms with van der Waals surface area (Å²) in [6.07, 6.45) is 0.278. The van der Waals surface area contributed by atoms with Crippen LogP contribution in [0.25, 0.3) is 0 Å². The standard InChI is InChI=1S/C15H16F2N2O5/c1-15(13(21)22)3-4-19(7-15)14(23)18-8-5-9(16)11(10(17)6-8)12(20)24-2/h5-6H,3-4,7H2,1-2H3,(H,18,23)(H,21,22). The number of hydrogen-bond donors (Lipinski definition) is 2. The highest BCUT2D eigenvalue weighted by atomic mass is 19.1. The third kappa shape index (κ3) is 3.29. The number of nitrogens with one attached hydrogen (secondary N) is 1. The topological polar surface area (TPSA) is 95.9 Å². The van der Waals surface area contributed by atoms with E-state index in [-0.39, 0.29) is 25.2 Å². The molecule has 2 rings (SSSR count). The van der Waals surface area contributed by atoms with E-state index in [4.69, 9.17) is 5.11 Å². The molecule has 1 aliphatic rings. The molecule has 0 bridgehead atoms. The van der Waals surface area contributed by atoms with Crippen molar-refractivity contribution in [1.29, 1.82) is 0 Å². The fourth-order valence-corrected chi connectivity index (χ4v) is 2.45. The van der Waals surface area contributed by atoms with Gasteiger partial charge in [0.25, 0.3) is 0 Å². The number of carboxylic acids is 1. The van der Waals surface area contributed by atoms with Gasteiger partial charge in [-0.15, -0.1) is 0 Å². The van der Waals surface area contributed by atoms with Crippen LogP contribution in [0.4, 0.5) is 19.3 Å². The number of urea groups is 1. The second kappa shape index (κ2) is 6.42. The average Bonchev–Trinajstić information content (AvgIpc) is 2.90. The van der Waals surface area contributed by atoms with Gasteiger partial charge < -0.3 is 20.1 Å². The zero-order valence-electron chi connectivity index (χ0n) is 13.1. The highest BCUT2D eigenvalue weighted by Crippen LogP contribution is 2.30. The number of carboxylic acid groups (broad SMARTS) is 1. The molecule has 1 heterocycles. The lowest BCUT2D eigenvalue weighted by molar-refractivity contribution is -0.146. The molecule has 0 aliphatic carbocycles. The van der Waals surface area contributed by atoms with Crippen molar-refractivity contribution in [3.05, 3.63) is 29.3 Å². The molecule has 0 spiro atoms. The summed E-state index contributed by atoms with van der Waals surface area (Å²) in [7, 11) is 0.990. The van der Waals surface area contributed by atoms with Gasteiger partial charge in [-0.2, -0.15) is 0 Å². The van der Waals surface area contributed by atoms with Gasteiger partial charge in [-0.3, -0.25) is 4.79 Å². The maximum Gasteiger partial charge on any atom is 0.343 e. The Labute approximate surface area is 136 Å². The van der Waals surface area contributed by atoms with Crippen LogP contribution in [0.15, 0.2) is 12.1 Å². The van der Waals surface area contributed by atoms with Crippen LogP contribution in [0.5, 0.6) is 0 Å². The Kier molecular flexibility index (Phi) is 4.72. The number of anilines is 1. The van der Waals surface area contributed by atoms with E-state index in [1.807, 2.05) is 0 Å². The van der Waals surface area contributed by atoms with Gasteiger partial charge in [-0.05, 0) is 25.5 Å². The minimum Gasteiger partial charge on any atom is -0.481 e. The fraction of sp³-hybridized carbons (Fsp3) is 0.400. The van der Waals surface area contributed by atoms with Gasteiger partial charge in [-0.25, -0.2) is 18.4 Å². The Balaban J connectivity index is 2.13. The molecule has 0 saturated carbocycles. The van der Waals surface area contributed by atoms with Crippen molar-refractivity contribution in [3.8, 4) is 0 Å². The molecule has 0 radical (unpaired) electrons. The van der Waals surface area contributed by atoms with E-state index < -0.39 is 40.6 Å². The van der Waals surface area contributed by atoms with Gasteiger partial charge in [-0.1, -0.05) is 0 Å². The number of aliphatic carboxylic acids is 1. The molecular weight excluding hydrogens is 326 g/mol. The Hall–Kier alpha value is -2.71. The first-order chi connectivity index (χ1) is 11.2. The minimum absolute atomic E-state index is 0.0145. The van der Waals surface area contributed by atoms with Crippen LogP contribution < -0.4 is 5.32 Å². The quantitative estimate of drug-likeness (QED) is 0.820. The third-order valence-electron chi connectivity index (χ3n) is 3.96. The maximum atomic E-state index is 13.8. The molecule has 130 valence electrons. The number of carbonyl (C=O) groups excluding carboxylic acids is 2. The summed E-state index contributed by atoms with van der Waals surface area (Å²) in [6.45, 7) is 1.71. The second-order valence-corrected chi connectivity index (χ2v) is 5.77. The smallest absolute Gasteiger partial charge is 0.343 e.